The number of nitrogens with one attached hydrogen (secondary N) is 1. The predicted octanol–water partition coefficient (Wildman–Crippen LogP) is 4.81. The van der Waals surface area contributed by atoms with E-state index in [4.69, 9.17) is 0 Å². The Morgan fingerprint density at radius 1 is 1.12 bits per heavy atom. The SMILES string of the molecule is CC(C)N(Cc1ccccc1)c1ccc(NC(=O)c2cccs2)cn1. The average molecular weight is 351 g/mol. The molecule has 2 heterocycles. The predicted molar refractivity (Wildman–Crippen MR) is 104 cm³/mol. The third-order valence-corrected chi connectivity index (χ3v) is 4.73. The van der Waals surface area contributed by atoms with Gasteiger partial charge in [-0.05, 0) is 43.0 Å². The molecule has 0 spiro atoms. The minimum atomic E-state index is -0.102. The van der Waals surface area contributed by atoms with Crippen LogP contribution in [0.25, 0.3) is 0 Å². The van der Waals surface area contributed by atoms with Crippen LogP contribution in [0.1, 0.15) is 29.1 Å². The van der Waals surface area contributed by atoms with Crippen molar-refractivity contribution in [1.82, 2.24) is 4.98 Å². The Morgan fingerprint density at radius 2 is 1.92 bits per heavy atom. The molecule has 1 amide bonds. The van der Waals surface area contributed by atoms with Crippen LogP contribution in [-0.4, -0.2) is 16.9 Å². The molecule has 5 heteroatoms. The summed E-state index contributed by atoms with van der Waals surface area (Å²) in [6, 6.07) is 18.2. The number of hydrogen-bond donors (Lipinski definition) is 1. The van der Waals surface area contributed by atoms with E-state index in [2.05, 4.69) is 41.2 Å². The van der Waals surface area contributed by atoms with Crippen molar-refractivity contribution in [3.05, 3.63) is 76.6 Å². The minimum Gasteiger partial charge on any atom is -0.350 e. The normalized spacial score (nSPS) is 10.7. The maximum absolute atomic E-state index is 12.1. The van der Waals surface area contributed by atoms with Crippen molar-refractivity contribution >= 4 is 28.7 Å². The molecule has 0 aliphatic heterocycles. The third kappa shape index (κ3) is 4.45. The number of aromatic nitrogens is 1. The molecular formula is C20H21N3OS. The van der Waals surface area contributed by atoms with E-state index in [-0.39, 0.29) is 5.91 Å². The summed E-state index contributed by atoms with van der Waals surface area (Å²) in [6.45, 7) is 5.10. The van der Waals surface area contributed by atoms with Crippen LogP contribution < -0.4 is 10.2 Å². The van der Waals surface area contributed by atoms with Crippen LogP contribution in [0.15, 0.2) is 66.2 Å². The van der Waals surface area contributed by atoms with Crippen LogP contribution >= 0.6 is 11.3 Å². The van der Waals surface area contributed by atoms with Crippen molar-refractivity contribution in [2.45, 2.75) is 26.4 Å². The fourth-order valence-corrected chi connectivity index (χ4v) is 3.16. The summed E-state index contributed by atoms with van der Waals surface area (Å²) < 4.78 is 0. The first-order valence-corrected chi connectivity index (χ1v) is 9.13. The molecule has 0 atom stereocenters. The lowest BCUT2D eigenvalue weighted by atomic mass is 10.2. The molecule has 1 N–H and O–H groups in total. The molecule has 0 bridgehead atoms. The molecule has 25 heavy (non-hydrogen) atoms. The number of benzene rings is 1. The third-order valence-electron chi connectivity index (χ3n) is 3.86. The molecule has 2 aromatic heterocycles. The molecule has 3 rings (SSSR count). The first-order chi connectivity index (χ1) is 12.1. The monoisotopic (exact) mass is 351 g/mol. The van der Waals surface area contributed by atoms with Crippen LogP contribution in [0.5, 0.6) is 0 Å². The number of carbonyl (C=O) groups excluding carboxylic acids is 1. The Bertz CT molecular complexity index is 799. The molecule has 0 fully saturated rings. The quantitative estimate of drug-likeness (QED) is 0.693. The number of pyridine rings is 1. The van der Waals surface area contributed by atoms with E-state index in [0.717, 1.165) is 12.4 Å². The molecule has 1 aromatic carbocycles. The van der Waals surface area contributed by atoms with E-state index in [1.165, 1.54) is 16.9 Å². The van der Waals surface area contributed by atoms with Gasteiger partial charge >= 0.3 is 0 Å². The standard InChI is InChI=1S/C20H21N3OS/c1-15(2)23(14-16-7-4-3-5-8-16)19-11-10-17(13-21-19)22-20(24)18-9-6-12-25-18/h3-13,15H,14H2,1-2H3,(H,22,24). The van der Waals surface area contributed by atoms with Crippen molar-refractivity contribution in [3.63, 3.8) is 0 Å². The summed E-state index contributed by atoms with van der Waals surface area (Å²) in [6.07, 6.45) is 1.71. The summed E-state index contributed by atoms with van der Waals surface area (Å²) in [4.78, 5) is 19.6. The van der Waals surface area contributed by atoms with Crippen LogP contribution in [-0.2, 0) is 6.54 Å². The molecule has 0 aliphatic carbocycles. The lowest BCUT2D eigenvalue weighted by Gasteiger charge is -2.28. The molecule has 0 unspecified atom stereocenters. The largest absolute Gasteiger partial charge is 0.350 e. The second-order valence-corrected chi connectivity index (χ2v) is 6.99. The lowest BCUT2D eigenvalue weighted by Crippen LogP contribution is -2.30. The summed E-state index contributed by atoms with van der Waals surface area (Å²) in [5.74, 6) is 0.794. The van der Waals surface area contributed by atoms with Gasteiger partial charge in [-0.3, -0.25) is 4.79 Å². The van der Waals surface area contributed by atoms with Gasteiger partial charge in [0.15, 0.2) is 0 Å². The van der Waals surface area contributed by atoms with Crippen molar-refractivity contribution in [3.8, 4) is 0 Å². The molecule has 0 aliphatic rings. The zero-order chi connectivity index (χ0) is 17.6. The topological polar surface area (TPSA) is 45.2 Å². The molecule has 3 aromatic rings. The number of amides is 1. The van der Waals surface area contributed by atoms with Crippen LogP contribution in [0, 0.1) is 0 Å². The van der Waals surface area contributed by atoms with Gasteiger partial charge in [-0.15, -0.1) is 11.3 Å². The highest BCUT2D eigenvalue weighted by atomic mass is 32.1. The van der Waals surface area contributed by atoms with Gasteiger partial charge in [0.25, 0.3) is 5.91 Å². The summed E-state index contributed by atoms with van der Waals surface area (Å²) in [5, 5.41) is 4.77. The summed E-state index contributed by atoms with van der Waals surface area (Å²) >= 11 is 1.42. The molecular weight excluding hydrogens is 330 g/mol. The van der Waals surface area contributed by atoms with Gasteiger partial charge in [0.05, 0.1) is 16.8 Å². The Labute approximate surface area is 152 Å². The van der Waals surface area contributed by atoms with Gasteiger partial charge in [0.2, 0.25) is 0 Å². The molecule has 128 valence electrons. The smallest absolute Gasteiger partial charge is 0.265 e. The maximum atomic E-state index is 12.1. The van der Waals surface area contributed by atoms with Gasteiger partial charge in [-0.1, -0.05) is 36.4 Å². The van der Waals surface area contributed by atoms with Crippen LogP contribution in [0.2, 0.25) is 0 Å². The first-order valence-electron chi connectivity index (χ1n) is 8.25. The number of hydrogen-bond acceptors (Lipinski definition) is 4. The lowest BCUT2D eigenvalue weighted by molar-refractivity contribution is 0.103. The fraction of sp³-hybridized carbons (Fsp3) is 0.200. The zero-order valence-electron chi connectivity index (χ0n) is 14.3. The first kappa shape index (κ1) is 17.2. The van der Waals surface area contributed by atoms with Crippen LogP contribution in [0.4, 0.5) is 11.5 Å². The average Bonchev–Trinajstić information content (AvgIpc) is 3.16. The van der Waals surface area contributed by atoms with E-state index in [1.807, 2.05) is 47.8 Å². The molecule has 0 radical (unpaired) electrons. The summed E-state index contributed by atoms with van der Waals surface area (Å²) in [5.41, 5.74) is 1.94. The van der Waals surface area contributed by atoms with Gasteiger partial charge in [-0.2, -0.15) is 0 Å². The van der Waals surface area contributed by atoms with E-state index in [1.54, 1.807) is 6.20 Å². The number of anilines is 2. The van der Waals surface area contributed by atoms with Gasteiger partial charge in [-0.25, -0.2) is 4.98 Å². The fourth-order valence-electron chi connectivity index (χ4n) is 2.54. The zero-order valence-corrected chi connectivity index (χ0v) is 15.2. The number of thiophene rings is 1. The van der Waals surface area contributed by atoms with Crippen molar-refractivity contribution < 1.29 is 4.79 Å². The Kier molecular flexibility index (Phi) is 5.46. The number of carbonyl (C=O) groups is 1. The van der Waals surface area contributed by atoms with E-state index < -0.39 is 0 Å². The van der Waals surface area contributed by atoms with Crippen molar-refractivity contribution in [1.29, 1.82) is 0 Å². The van der Waals surface area contributed by atoms with E-state index in [0.29, 0.717) is 16.6 Å². The maximum Gasteiger partial charge on any atom is 0.265 e. The van der Waals surface area contributed by atoms with E-state index in [9.17, 15) is 4.79 Å². The second kappa shape index (κ2) is 7.94. The Balaban J connectivity index is 1.72. The van der Waals surface area contributed by atoms with Gasteiger partial charge in [0.1, 0.15) is 5.82 Å². The molecule has 0 saturated carbocycles. The number of nitrogens with zero attached hydrogens (tertiary/aromatic N) is 2. The highest BCUT2D eigenvalue weighted by molar-refractivity contribution is 7.12. The highest BCUT2D eigenvalue weighted by Crippen LogP contribution is 2.20. The van der Waals surface area contributed by atoms with Crippen molar-refractivity contribution in [2.75, 3.05) is 10.2 Å². The summed E-state index contributed by atoms with van der Waals surface area (Å²) in [7, 11) is 0. The van der Waals surface area contributed by atoms with Crippen LogP contribution in [0.3, 0.4) is 0 Å². The van der Waals surface area contributed by atoms with E-state index >= 15 is 0 Å². The molecule has 0 saturated heterocycles. The second-order valence-electron chi connectivity index (χ2n) is 6.04. The Hall–Kier alpha value is -2.66. The van der Waals surface area contributed by atoms with Gasteiger partial charge < -0.3 is 10.2 Å². The van der Waals surface area contributed by atoms with Gasteiger partial charge in [0, 0.05) is 12.6 Å². The Morgan fingerprint density at radius 3 is 2.52 bits per heavy atom. The minimum absolute atomic E-state index is 0.102. The molecule has 4 nitrogen and oxygen atoms in total. The van der Waals surface area contributed by atoms with Crippen molar-refractivity contribution in [2.24, 2.45) is 0 Å². The highest BCUT2D eigenvalue weighted by Gasteiger charge is 2.13. The number of rotatable bonds is 6.